The van der Waals surface area contributed by atoms with Gasteiger partial charge in [0.15, 0.2) is 11.6 Å². The van der Waals surface area contributed by atoms with Crippen LogP contribution < -0.4 is 27.3 Å². The van der Waals surface area contributed by atoms with Crippen LogP contribution in [0.2, 0.25) is 0 Å². The molecule has 14 nitrogen and oxygen atoms in total. The van der Waals surface area contributed by atoms with Gasteiger partial charge in [-0.05, 0) is 47.6 Å². The number of nitrogens with one attached hydrogen (secondary N) is 1. The van der Waals surface area contributed by atoms with Crippen LogP contribution in [0.15, 0.2) is 91.7 Å². The molecule has 0 bridgehead atoms. The number of hydrogen-bond acceptors (Lipinski definition) is 9. The van der Waals surface area contributed by atoms with Crippen molar-refractivity contribution in [2.75, 3.05) is 11.9 Å². The number of imidazole rings is 2. The van der Waals surface area contributed by atoms with Crippen molar-refractivity contribution < 1.29 is 38.1 Å². The van der Waals surface area contributed by atoms with Gasteiger partial charge in [-0.15, -0.1) is 0 Å². The van der Waals surface area contributed by atoms with Crippen molar-refractivity contribution in [1.29, 1.82) is 0 Å². The minimum Gasteiger partial charge on any atom is -0.490 e. The molecule has 0 saturated carbocycles. The number of amides is 1. The van der Waals surface area contributed by atoms with Crippen molar-refractivity contribution in [2.24, 2.45) is 17.2 Å². The van der Waals surface area contributed by atoms with Crippen molar-refractivity contribution in [3.63, 3.8) is 0 Å². The lowest BCUT2D eigenvalue weighted by Gasteiger charge is -2.13. The molecule has 47 heavy (non-hydrogen) atoms. The van der Waals surface area contributed by atoms with Gasteiger partial charge in [-0.25, -0.2) is 28.3 Å². The van der Waals surface area contributed by atoms with Crippen LogP contribution in [0.1, 0.15) is 31.8 Å². The SMILES string of the molecule is N/C(=C\C=C(/N)n1ccnc1)C(=O)Nc1cc(F)c(OCCc2cc(C(=O)O)c(/C=C/C=C(\N)n3ccnc3)cc2F)cc1C(=O)O. The predicted molar refractivity (Wildman–Crippen MR) is 167 cm³/mol. The second-order valence-electron chi connectivity index (χ2n) is 9.63. The third kappa shape index (κ3) is 8.48. The molecule has 0 atom stereocenters. The van der Waals surface area contributed by atoms with E-state index in [1.807, 2.05) is 0 Å². The highest BCUT2D eigenvalue weighted by atomic mass is 19.1. The summed E-state index contributed by atoms with van der Waals surface area (Å²) < 4.78 is 38.2. The van der Waals surface area contributed by atoms with Crippen LogP contribution >= 0.6 is 0 Å². The number of allylic oxidation sites excluding steroid dienone is 4. The van der Waals surface area contributed by atoms with Gasteiger partial charge in [0.2, 0.25) is 0 Å². The largest absolute Gasteiger partial charge is 0.490 e. The highest BCUT2D eigenvalue weighted by Gasteiger charge is 2.19. The van der Waals surface area contributed by atoms with Gasteiger partial charge in [0.25, 0.3) is 5.91 Å². The summed E-state index contributed by atoms with van der Waals surface area (Å²) in [6.07, 6.45) is 15.7. The molecule has 2 aromatic carbocycles. The summed E-state index contributed by atoms with van der Waals surface area (Å²) in [5, 5.41) is 21.6. The summed E-state index contributed by atoms with van der Waals surface area (Å²) in [6.45, 7) is -0.350. The smallest absolute Gasteiger partial charge is 0.337 e. The molecule has 2 aromatic heterocycles. The molecule has 1 amide bonds. The number of aromatic carboxylic acids is 2. The molecule has 0 spiro atoms. The number of halogens is 2. The van der Waals surface area contributed by atoms with E-state index < -0.39 is 46.5 Å². The van der Waals surface area contributed by atoms with Gasteiger partial charge in [0.1, 0.15) is 30.1 Å². The van der Waals surface area contributed by atoms with E-state index in [2.05, 4.69) is 15.3 Å². The zero-order chi connectivity index (χ0) is 34.1. The molecule has 9 N–H and O–H groups in total. The molecular weight excluding hydrogens is 618 g/mol. The maximum Gasteiger partial charge on any atom is 0.337 e. The Morgan fingerprint density at radius 2 is 1.49 bits per heavy atom. The van der Waals surface area contributed by atoms with E-state index in [0.717, 1.165) is 24.3 Å². The van der Waals surface area contributed by atoms with Crippen LogP contribution in [0.3, 0.4) is 0 Å². The Morgan fingerprint density at radius 1 is 0.851 bits per heavy atom. The first-order valence-corrected chi connectivity index (χ1v) is 13.5. The molecular formula is C31H28F2N8O6. The highest BCUT2D eigenvalue weighted by molar-refractivity contribution is 6.07. The fraction of sp³-hybridized carbons (Fsp3) is 0.0645. The maximum atomic E-state index is 14.9. The number of aromatic nitrogens is 4. The number of nitrogens with two attached hydrogens (primary N) is 3. The van der Waals surface area contributed by atoms with Crippen molar-refractivity contribution in [1.82, 2.24) is 19.1 Å². The number of rotatable bonds is 13. The fourth-order valence-electron chi connectivity index (χ4n) is 4.06. The Labute approximate surface area is 265 Å². The van der Waals surface area contributed by atoms with Crippen molar-refractivity contribution in [2.45, 2.75) is 6.42 Å². The lowest BCUT2D eigenvalue weighted by molar-refractivity contribution is -0.112. The molecule has 2 heterocycles. The van der Waals surface area contributed by atoms with Gasteiger partial charge in [-0.3, -0.25) is 13.9 Å². The first kappa shape index (κ1) is 33.2. The molecule has 16 heteroatoms. The maximum absolute atomic E-state index is 14.9. The van der Waals surface area contributed by atoms with E-state index in [4.69, 9.17) is 21.9 Å². The summed E-state index contributed by atoms with van der Waals surface area (Å²) in [4.78, 5) is 44.0. The number of benzene rings is 2. The molecule has 0 aliphatic carbocycles. The number of carbonyl (C=O) groups excluding carboxylic acids is 1. The summed E-state index contributed by atoms with van der Waals surface area (Å²) in [7, 11) is 0. The normalized spacial score (nSPS) is 12.3. The molecule has 0 fully saturated rings. The van der Waals surface area contributed by atoms with Gasteiger partial charge in [-0.1, -0.05) is 12.2 Å². The highest BCUT2D eigenvalue weighted by Crippen LogP contribution is 2.27. The van der Waals surface area contributed by atoms with Crippen LogP contribution in [-0.2, 0) is 11.2 Å². The third-order valence-electron chi connectivity index (χ3n) is 6.47. The first-order chi connectivity index (χ1) is 22.4. The van der Waals surface area contributed by atoms with Gasteiger partial charge < -0.3 is 37.5 Å². The van der Waals surface area contributed by atoms with E-state index in [9.17, 15) is 33.4 Å². The van der Waals surface area contributed by atoms with E-state index in [0.29, 0.717) is 5.82 Å². The van der Waals surface area contributed by atoms with Gasteiger partial charge in [-0.2, -0.15) is 0 Å². The average molecular weight is 647 g/mol. The lowest BCUT2D eigenvalue weighted by Crippen LogP contribution is -2.21. The number of carboxylic acids is 2. The molecule has 0 radical (unpaired) electrons. The zero-order valence-electron chi connectivity index (χ0n) is 24.4. The van der Waals surface area contributed by atoms with E-state index in [1.165, 1.54) is 64.6 Å². The number of hydrogen-bond donors (Lipinski definition) is 6. The van der Waals surface area contributed by atoms with E-state index in [-0.39, 0.29) is 41.2 Å². The first-order valence-electron chi connectivity index (χ1n) is 13.5. The number of anilines is 1. The Kier molecular flexibility index (Phi) is 10.5. The van der Waals surface area contributed by atoms with Crippen molar-refractivity contribution in [3.8, 4) is 5.75 Å². The minimum atomic E-state index is -1.51. The minimum absolute atomic E-state index is 0.0410. The second kappa shape index (κ2) is 14.8. The zero-order valence-corrected chi connectivity index (χ0v) is 24.4. The van der Waals surface area contributed by atoms with Crippen LogP contribution in [0.5, 0.6) is 5.75 Å². The summed E-state index contributed by atoms with van der Waals surface area (Å²) in [6, 6.07) is 3.73. The van der Waals surface area contributed by atoms with Crippen molar-refractivity contribution in [3.05, 3.63) is 126 Å². The molecule has 0 aliphatic rings. The molecule has 242 valence electrons. The standard InChI is InChI=1S/C31H28F2N8O6/c32-22-13-18(2-1-3-27(35)40-9-7-37-16-40)20(30(43)44)12-19(22)6-11-47-26-14-21(31(45)46)25(15-23(26)33)39-29(42)24(34)4-5-28(36)41-10-8-38-17-41/h1-5,7-10,12-17H,6,11,34-36H2,(H,39,42)(H,43,44)(H,45,46)/b2-1+,24-4-,27-3+,28-5+. The molecule has 4 rings (SSSR count). The Hall–Kier alpha value is -6.71. The van der Waals surface area contributed by atoms with Gasteiger partial charge in [0, 0.05) is 37.3 Å². The lowest BCUT2D eigenvalue weighted by atomic mass is 10.0. The van der Waals surface area contributed by atoms with Gasteiger partial charge >= 0.3 is 11.9 Å². The quantitative estimate of drug-likeness (QED) is 0.0914. The Morgan fingerprint density at radius 3 is 2.09 bits per heavy atom. The number of carbonyl (C=O) groups is 3. The molecule has 0 saturated heterocycles. The fourth-order valence-corrected chi connectivity index (χ4v) is 4.06. The number of carboxylic acid groups (broad SMARTS) is 2. The Bertz CT molecular complexity index is 1920. The van der Waals surface area contributed by atoms with E-state index in [1.54, 1.807) is 12.4 Å². The van der Waals surface area contributed by atoms with Crippen molar-refractivity contribution >= 4 is 41.3 Å². The van der Waals surface area contributed by atoms with Crippen LogP contribution in [0, 0.1) is 11.6 Å². The number of nitrogens with zero attached hydrogens (tertiary/aromatic N) is 4. The summed E-state index contributed by atoms with van der Waals surface area (Å²) >= 11 is 0. The number of ether oxygens (including phenoxy) is 1. The van der Waals surface area contributed by atoms with Crippen LogP contribution in [0.4, 0.5) is 14.5 Å². The summed E-state index contributed by atoms with van der Waals surface area (Å²) in [5.41, 5.74) is 16.1. The molecule has 0 aliphatic heterocycles. The van der Waals surface area contributed by atoms with Gasteiger partial charge in [0.05, 0.1) is 29.1 Å². The Balaban J connectivity index is 1.45. The van der Waals surface area contributed by atoms with E-state index >= 15 is 0 Å². The predicted octanol–water partition coefficient (Wildman–Crippen LogP) is 3.08. The van der Waals surface area contributed by atoms with Crippen LogP contribution in [0.25, 0.3) is 17.7 Å². The second-order valence-corrected chi connectivity index (χ2v) is 9.63. The topological polar surface area (TPSA) is 227 Å². The molecule has 0 unspecified atom stereocenters. The summed E-state index contributed by atoms with van der Waals surface area (Å²) in [5.74, 6) is -5.57. The third-order valence-corrected chi connectivity index (χ3v) is 6.47. The average Bonchev–Trinajstić information content (AvgIpc) is 3.77. The molecule has 4 aromatic rings. The van der Waals surface area contributed by atoms with Crippen LogP contribution in [-0.4, -0.2) is 53.8 Å². The monoisotopic (exact) mass is 646 g/mol.